The lowest BCUT2D eigenvalue weighted by Crippen LogP contribution is -2.31. The maximum absolute atomic E-state index is 14.0. The van der Waals surface area contributed by atoms with Gasteiger partial charge in [0.2, 0.25) is 0 Å². The second-order valence-corrected chi connectivity index (χ2v) is 13.2. The fourth-order valence-corrected chi connectivity index (χ4v) is 8.11. The lowest BCUT2D eigenvalue weighted by atomic mass is 9.88. The van der Waals surface area contributed by atoms with Crippen LogP contribution in [-0.4, -0.2) is 28.5 Å². The summed E-state index contributed by atoms with van der Waals surface area (Å²) in [5.41, 5.74) is 6.10. The van der Waals surface area contributed by atoms with Gasteiger partial charge in [-0.3, -0.25) is 19.6 Å². The first kappa shape index (κ1) is 29.3. The van der Waals surface area contributed by atoms with Gasteiger partial charge in [0.25, 0.3) is 11.8 Å². The second-order valence-electron chi connectivity index (χ2n) is 11.2. The summed E-state index contributed by atoms with van der Waals surface area (Å²) < 4.78 is 1.01. The largest absolute Gasteiger partial charge is 0.319 e. The number of thioether (sulfide) groups is 1. The van der Waals surface area contributed by atoms with Gasteiger partial charge in [-0.15, -0.1) is 11.3 Å². The van der Waals surface area contributed by atoms with Gasteiger partial charge in [-0.05, 0) is 79.4 Å². The molecule has 6 rings (SSSR count). The van der Waals surface area contributed by atoms with E-state index in [9.17, 15) is 9.59 Å². The molecule has 0 saturated carbocycles. The third-order valence-corrected chi connectivity index (χ3v) is 10.7. The quantitative estimate of drug-likeness (QED) is 0.330. The SMILES string of the molecule is CCC1=C(c2ccccc2)SC(NC(=O)c2sc3c(c2NC(=O)c2ccccn2)=CC2=C(CCCCC2)C(C)CC=3)=NC1. The Morgan fingerprint density at radius 1 is 0.977 bits per heavy atom. The average molecular weight is 609 g/mol. The lowest BCUT2D eigenvalue weighted by Gasteiger charge is -2.20. The Morgan fingerprint density at radius 2 is 1.79 bits per heavy atom. The Bertz CT molecular complexity index is 1750. The van der Waals surface area contributed by atoms with Crippen molar-refractivity contribution in [2.75, 3.05) is 11.9 Å². The number of aliphatic imine (C=N–C) groups is 1. The van der Waals surface area contributed by atoms with Crippen molar-refractivity contribution in [3.05, 3.63) is 97.3 Å². The minimum Gasteiger partial charge on any atom is -0.319 e. The Morgan fingerprint density at radius 3 is 2.58 bits per heavy atom. The Kier molecular flexibility index (Phi) is 9.05. The first-order valence-corrected chi connectivity index (χ1v) is 16.7. The van der Waals surface area contributed by atoms with E-state index >= 15 is 0 Å². The van der Waals surface area contributed by atoms with E-state index in [-0.39, 0.29) is 11.8 Å². The zero-order valence-electron chi connectivity index (χ0n) is 24.6. The van der Waals surface area contributed by atoms with Crippen molar-refractivity contribution in [3.8, 4) is 0 Å². The lowest BCUT2D eigenvalue weighted by molar-refractivity contribution is 0.0982. The van der Waals surface area contributed by atoms with E-state index in [4.69, 9.17) is 4.99 Å². The van der Waals surface area contributed by atoms with Gasteiger partial charge in [-0.2, -0.15) is 0 Å². The molecule has 1 atom stereocenters. The number of aromatic nitrogens is 1. The van der Waals surface area contributed by atoms with Gasteiger partial charge >= 0.3 is 0 Å². The van der Waals surface area contributed by atoms with E-state index in [1.54, 1.807) is 24.4 Å². The molecule has 3 aromatic rings. The summed E-state index contributed by atoms with van der Waals surface area (Å²) >= 11 is 2.93. The number of rotatable bonds is 5. The molecular weight excluding hydrogens is 573 g/mol. The fourth-order valence-electron chi connectivity index (χ4n) is 5.96. The molecule has 2 aliphatic carbocycles. The van der Waals surface area contributed by atoms with Crippen LogP contribution in [-0.2, 0) is 0 Å². The molecule has 1 unspecified atom stereocenters. The standard InChI is InChI=1S/C35H36N4O2S2/c1-3-23-21-37-35(43-31(23)24-12-6-4-7-13-24)39-34(41)32-30(38-33(40)28-16-10-11-19-36-28)27-20-25-14-8-5-9-15-26(25)22(2)17-18-29(27)42-32/h4,6-7,10-13,16,18-20,22H,3,5,8-9,14-15,17,21H2,1-2H3,(H,38,40)(H,37,39,41). The third-order valence-electron chi connectivity index (χ3n) is 8.31. The molecule has 2 aromatic heterocycles. The van der Waals surface area contributed by atoms with Crippen molar-refractivity contribution in [1.29, 1.82) is 0 Å². The number of anilines is 1. The van der Waals surface area contributed by atoms with Gasteiger partial charge in [-0.1, -0.05) is 80.1 Å². The molecule has 0 fully saturated rings. The Balaban J connectivity index is 1.38. The minimum absolute atomic E-state index is 0.267. The molecule has 6 nitrogen and oxygen atoms in total. The Hall–Kier alpha value is -3.75. The van der Waals surface area contributed by atoms with Gasteiger partial charge in [0.1, 0.15) is 10.6 Å². The van der Waals surface area contributed by atoms with Gasteiger partial charge in [0.15, 0.2) is 5.17 Å². The van der Waals surface area contributed by atoms with Crippen molar-refractivity contribution in [3.63, 3.8) is 0 Å². The zero-order valence-corrected chi connectivity index (χ0v) is 26.2. The maximum Gasteiger partial charge on any atom is 0.274 e. The molecule has 2 N–H and O–H groups in total. The number of nitrogens with one attached hydrogen (secondary N) is 2. The van der Waals surface area contributed by atoms with Crippen LogP contribution < -0.4 is 20.4 Å². The summed E-state index contributed by atoms with van der Waals surface area (Å²) in [7, 11) is 0. The molecule has 1 aromatic carbocycles. The molecule has 1 aliphatic heterocycles. The molecule has 3 heterocycles. The van der Waals surface area contributed by atoms with Crippen molar-refractivity contribution in [2.24, 2.45) is 10.9 Å². The number of thiophene rings is 1. The van der Waals surface area contributed by atoms with E-state index in [1.165, 1.54) is 52.7 Å². The van der Waals surface area contributed by atoms with E-state index in [0.29, 0.717) is 33.9 Å². The van der Waals surface area contributed by atoms with Crippen molar-refractivity contribution in [2.45, 2.75) is 58.8 Å². The highest BCUT2D eigenvalue weighted by molar-refractivity contribution is 8.21. The van der Waals surface area contributed by atoms with Crippen molar-refractivity contribution >= 4 is 62.8 Å². The second kappa shape index (κ2) is 13.3. The van der Waals surface area contributed by atoms with Gasteiger partial charge in [-0.25, -0.2) is 0 Å². The monoisotopic (exact) mass is 608 g/mol. The molecule has 0 radical (unpaired) electrons. The molecule has 220 valence electrons. The summed E-state index contributed by atoms with van der Waals surface area (Å²) in [4.78, 5) is 38.0. The van der Waals surface area contributed by atoms with E-state index < -0.39 is 0 Å². The van der Waals surface area contributed by atoms with Crippen molar-refractivity contribution < 1.29 is 9.59 Å². The maximum atomic E-state index is 14.0. The van der Waals surface area contributed by atoms with Gasteiger partial charge < -0.3 is 10.6 Å². The average Bonchev–Trinajstić information content (AvgIpc) is 3.19. The first-order valence-electron chi connectivity index (χ1n) is 15.1. The minimum atomic E-state index is -0.333. The fraction of sp³-hybridized carbons (Fsp3) is 0.314. The summed E-state index contributed by atoms with van der Waals surface area (Å²) in [6.07, 6.45) is 13.6. The van der Waals surface area contributed by atoms with E-state index in [0.717, 1.165) is 52.3 Å². The molecule has 43 heavy (non-hydrogen) atoms. The van der Waals surface area contributed by atoms with Crippen LogP contribution in [0.2, 0.25) is 0 Å². The highest BCUT2D eigenvalue weighted by Gasteiger charge is 2.25. The summed E-state index contributed by atoms with van der Waals surface area (Å²) in [5.74, 6) is -0.149. The molecule has 0 spiro atoms. The number of benzene rings is 1. The molecule has 3 aliphatic rings. The van der Waals surface area contributed by atoms with Crippen LogP contribution in [0.1, 0.15) is 84.5 Å². The number of nitrogens with zero attached hydrogens (tertiary/aromatic N) is 2. The highest BCUT2D eigenvalue weighted by atomic mass is 32.2. The van der Waals surface area contributed by atoms with Gasteiger partial charge in [0.05, 0.1) is 12.2 Å². The van der Waals surface area contributed by atoms with Crippen LogP contribution in [0.4, 0.5) is 5.69 Å². The van der Waals surface area contributed by atoms with E-state index in [1.807, 2.05) is 18.2 Å². The third kappa shape index (κ3) is 6.45. The Labute approximate surface area is 260 Å². The molecule has 0 bridgehead atoms. The van der Waals surface area contributed by atoms with Crippen LogP contribution >= 0.6 is 23.1 Å². The zero-order chi connectivity index (χ0) is 29.8. The number of carbonyl (C=O) groups excluding carboxylic acids is 2. The van der Waals surface area contributed by atoms with Gasteiger partial charge in [0, 0.05) is 20.9 Å². The first-order chi connectivity index (χ1) is 21.0. The number of fused-ring (bicyclic) bond motifs is 1. The normalized spacial score (nSPS) is 18.6. The van der Waals surface area contributed by atoms with Crippen LogP contribution in [0.5, 0.6) is 0 Å². The van der Waals surface area contributed by atoms with Crippen LogP contribution in [0, 0.1) is 5.92 Å². The molecule has 2 amide bonds. The van der Waals surface area contributed by atoms with Crippen LogP contribution in [0.15, 0.2) is 76.4 Å². The number of allylic oxidation sites excluding steroid dienone is 2. The number of amidine groups is 1. The summed E-state index contributed by atoms with van der Waals surface area (Å²) in [6, 6.07) is 15.5. The number of hydrogen-bond donors (Lipinski definition) is 2. The number of carbonyl (C=O) groups is 2. The molecule has 0 saturated heterocycles. The predicted molar refractivity (Wildman–Crippen MR) is 180 cm³/mol. The van der Waals surface area contributed by atoms with Crippen molar-refractivity contribution in [1.82, 2.24) is 10.3 Å². The van der Waals surface area contributed by atoms with Crippen LogP contribution in [0.25, 0.3) is 17.1 Å². The number of amides is 2. The number of hydrogen-bond acceptors (Lipinski definition) is 6. The number of pyridine rings is 1. The smallest absolute Gasteiger partial charge is 0.274 e. The highest BCUT2D eigenvalue weighted by Crippen LogP contribution is 2.36. The summed E-state index contributed by atoms with van der Waals surface area (Å²) in [6.45, 7) is 4.99. The summed E-state index contributed by atoms with van der Waals surface area (Å²) in [5, 5.41) is 7.67. The topological polar surface area (TPSA) is 83.5 Å². The van der Waals surface area contributed by atoms with E-state index in [2.05, 4.69) is 53.7 Å². The predicted octanol–water partition coefficient (Wildman–Crippen LogP) is 6.91. The van der Waals surface area contributed by atoms with Crippen LogP contribution in [0.3, 0.4) is 0 Å². The molecule has 8 heteroatoms. The molecular formula is C35H36N4O2S2.